The Morgan fingerprint density at radius 2 is 2.00 bits per heavy atom. The maximum atomic E-state index is 12.0. The molecule has 23 heavy (non-hydrogen) atoms. The van der Waals surface area contributed by atoms with E-state index in [1.165, 1.54) is 10.4 Å². The SMILES string of the molecule is CCS(=O)(=O)N(C)C1CCN(c2cc(Br)ccc2[N+](=O)[O-])CC1. The van der Waals surface area contributed by atoms with Gasteiger partial charge in [0.15, 0.2) is 0 Å². The van der Waals surface area contributed by atoms with Crippen LogP contribution < -0.4 is 4.90 Å². The van der Waals surface area contributed by atoms with Crippen LogP contribution in [0.1, 0.15) is 19.8 Å². The maximum Gasteiger partial charge on any atom is 0.292 e. The summed E-state index contributed by atoms with van der Waals surface area (Å²) in [6.07, 6.45) is 1.30. The highest BCUT2D eigenvalue weighted by Gasteiger charge is 2.30. The molecule has 1 saturated heterocycles. The molecular formula is C14H20BrN3O4S. The van der Waals surface area contributed by atoms with Crippen molar-refractivity contribution in [2.24, 2.45) is 0 Å². The quantitative estimate of drug-likeness (QED) is 0.555. The van der Waals surface area contributed by atoms with Gasteiger partial charge in [0.2, 0.25) is 10.0 Å². The number of benzene rings is 1. The minimum atomic E-state index is -3.21. The van der Waals surface area contributed by atoms with Crippen molar-refractivity contribution in [1.82, 2.24) is 4.31 Å². The minimum Gasteiger partial charge on any atom is -0.366 e. The van der Waals surface area contributed by atoms with E-state index >= 15 is 0 Å². The summed E-state index contributed by atoms with van der Waals surface area (Å²) in [7, 11) is -1.60. The lowest BCUT2D eigenvalue weighted by molar-refractivity contribution is -0.384. The van der Waals surface area contributed by atoms with E-state index in [1.807, 2.05) is 4.90 Å². The first-order valence-corrected chi connectivity index (χ1v) is 9.81. The molecule has 0 atom stereocenters. The van der Waals surface area contributed by atoms with Gasteiger partial charge in [0.1, 0.15) is 5.69 Å². The predicted octanol–water partition coefficient (Wildman–Crippen LogP) is 2.61. The number of rotatable bonds is 5. The summed E-state index contributed by atoms with van der Waals surface area (Å²) in [6, 6.07) is 4.82. The Morgan fingerprint density at radius 3 is 2.52 bits per heavy atom. The second-order valence-corrected chi connectivity index (χ2v) is 8.76. The third kappa shape index (κ3) is 4.02. The molecule has 1 aromatic rings. The second-order valence-electron chi connectivity index (χ2n) is 5.53. The molecule has 9 heteroatoms. The molecule has 128 valence electrons. The van der Waals surface area contributed by atoms with Gasteiger partial charge in [-0.15, -0.1) is 0 Å². The van der Waals surface area contributed by atoms with Crippen LogP contribution in [0.3, 0.4) is 0 Å². The largest absolute Gasteiger partial charge is 0.366 e. The van der Waals surface area contributed by atoms with Crippen LogP contribution >= 0.6 is 15.9 Å². The molecule has 0 saturated carbocycles. The Kier molecular flexibility index (Phi) is 5.64. The number of hydrogen-bond donors (Lipinski definition) is 0. The smallest absolute Gasteiger partial charge is 0.292 e. The van der Waals surface area contributed by atoms with Crippen LogP contribution in [0.4, 0.5) is 11.4 Å². The number of piperidine rings is 1. The van der Waals surface area contributed by atoms with Gasteiger partial charge >= 0.3 is 0 Å². The molecule has 0 amide bonds. The zero-order valence-corrected chi connectivity index (χ0v) is 15.5. The van der Waals surface area contributed by atoms with Gasteiger partial charge in [-0.05, 0) is 31.9 Å². The van der Waals surface area contributed by atoms with E-state index in [1.54, 1.807) is 26.1 Å². The molecule has 1 aromatic carbocycles. The van der Waals surface area contributed by atoms with Crippen LogP contribution in [0.2, 0.25) is 0 Å². The van der Waals surface area contributed by atoms with Crippen molar-refractivity contribution < 1.29 is 13.3 Å². The fourth-order valence-corrected chi connectivity index (χ4v) is 4.23. The summed E-state index contributed by atoms with van der Waals surface area (Å²) in [5.74, 6) is 0.0841. The summed E-state index contributed by atoms with van der Waals surface area (Å²) in [5.41, 5.74) is 0.644. The van der Waals surface area contributed by atoms with Crippen LogP contribution in [0, 0.1) is 10.1 Å². The molecule has 7 nitrogen and oxygen atoms in total. The van der Waals surface area contributed by atoms with Crippen molar-refractivity contribution in [3.63, 3.8) is 0 Å². The first-order valence-electron chi connectivity index (χ1n) is 7.41. The Bertz CT molecular complexity index is 687. The van der Waals surface area contributed by atoms with E-state index in [9.17, 15) is 18.5 Å². The number of halogens is 1. The summed E-state index contributed by atoms with van der Waals surface area (Å²) in [5, 5.41) is 11.2. The Balaban J connectivity index is 2.14. The van der Waals surface area contributed by atoms with Crippen LogP contribution in [0.25, 0.3) is 0 Å². The molecule has 0 unspecified atom stereocenters. The third-order valence-electron chi connectivity index (χ3n) is 4.26. The van der Waals surface area contributed by atoms with Gasteiger partial charge in [0, 0.05) is 36.7 Å². The Hall–Kier alpha value is -1.19. The highest BCUT2D eigenvalue weighted by Crippen LogP contribution is 2.33. The van der Waals surface area contributed by atoms with Crippen LogP contribution in [0.5, 0.6) is 0 Å². The fourth-order valence-electron chi connectivity index (χ4n) is 2.81. The number of anilines is 1. The van der Waals surface area contributed by atoms with Gasteiger partial charge < -0.3 is 4.90 Å². The van der Waals surface area contributed by atoms with E-state index in [0.717, 1.165) is 4.47 Å². The highest BCUT2D eigenvalue weighted by molar-refractivity contribution is 9.10. The number of nitro benzene ring substituents is 1. The van der Waals surface area contributed by atoms with Crippen molar-refractivity contribution in [3.05, 3.63) is 32.8 Å². The minimum absolute atomic E-state index is 0.0533. The molecular weight excluding hydrogens is 386 g/mol. The molecule has 1 fully saturated rings. The first-order chi connectivity index (χ1) is 10.8. The van der Waals surface area contributed by atoms with Crippen LogP contribution in [-0.4, -0.2) is 49.6 Å². The summed E-state index contributed by atoms with van der Waals surface area (Å²) < 4.78 is 26.1. The topological polar surface area (TPSA) is 83.8 Å². The van der Waals surface area contributed by atoms with Gasteiger partial charge in [-0.1, -0.05) is 15.9 Å². The highest BCUT2D eigenvalue weighted by atomic mass is 79.9. The molecule has 1 heterocycles. The standard InChI is InChI=1S/C14H20BrN3O4S/c1-3-23(21,22)16(2)12-6-8-17(9-7-12)14-10-11(15)4-5-13(14)18(19)20/h4-5,10,12H,3,6-9H2,1-2H3. The van der Waals surface area contributed by atoms with Crippen molar-refractivity contribution in [2.45, 2.75) is 25.8 Å². The number of sulfonamides is 1. The molecule has 0 aromatic heterocycles. The zero-order chi connectivity index (χ0) is 17.2. The summed E-state index contributed by atoms with van der Waals surface area (Å²) >= 11 is 3.35. The average molecular weight is 406 g/mol. The van der Waals surface area contributed by atoms with E-state index in [4.69, 9.17) is 0 Å². The third-order valence-corrected chi connectivity index (χ3v) is 6.66. The van der Waals surface area contributed by atoms with Gasteiger partial charge in [-0.25, -0.2) is 12.7 Å². The van der Waals surface area contributed by atoms with E-state index < -0.39 is 10.0 Å². The van der Waals surface area contributed by atoms with Crippen LogP contribution in [-0.2, 0) is 10.0 Å². The van der Waals surface area contributed by atoms with Gasteiger partial charge in [-0.2, -0.15) is 0 Å². The normalized spacial score (nSPS) is 16.8. The van der Waals surface area contributed by atoms with Crippen molar-refractivity contribution in [2.75, 3.05) is 30.8 Å². The monoisotopic (exact) mass is 405 g/mol. The Labute approximate surface area is 144 Å². The lowest BCUT2D eigenvalue weighted by Crippen LogP contribution is -2.46. The average Bonchev–Trinajstić information content (AvgIpc) is 2.54. The zero-order valence-electron chi connectivity index (χ0n) is 13.1. The number of nitro groups is 1. The molecule has 0 bridgehead atoms. The molecule has 0 radical (unpaired) electrons. The number of nitrogens with zero attached hydrogens (tertiary/aromatic N) is 3. The molecule has 0 N–H and O–H groups in total. The Morgan fingerprint density at radius 1 is 1.39 bits per heavy atom. The molecule has 1 aliphatic heterocycles. The van der Waals surface area contributed by atoms with E-state index in [-0.39, 0.29) is 22.4 Å². The van der Waals surface area contributed by atoms with Crippen molar-refractivity contribution in [1.29, 1.82) is 0 Å². The van der Waals surface area contributed by atoms with Crippen LogP contribution in [0.15, 0.2) is 22.7 Å². The van der Waals surface area contributed by atoms with Gasteiger partial charge in [0.25, 0.3) is 5.69 Å². The lowest BCUT2D eigenvalue weighted by atomic mass is 10.0. The first kappa shape index (κ1) is 18.2. The lowest BCUT2D eigenvalue weighted by Gasteiger charge is -2.37. The molecule has 1 aliphatic rings. The van der Waals surface area contributed by atoms with E-state index in [2.05, 4.69) is 15.9 Å². The predicted molar refractivity (Wildman–Crippen MR) is 93.3 cm³/mol. The summed E-state index contributed by atoms with van der Waals surface area (Å²) in [4.78, 5) is 12.8. The van der Waals surface area contributed by atoms with Gasteiger partial charge in [0.05, 0.1) is 10.7 Å². The molecule has 2 rings (SSSR count). The van der Waals surface area contributed by atoms with E-state index in [0.29, 0.717) is 31.6 Å². The molecule has 0 spiro atoms. The van der Waals surface area contributed by atoms with Gasteiger partial charge in [-0.3, -0.25) is 10.1 Å². The maximum absolute atomic E-state index is 12.0. The summed E-state index contributed by atoms with van der Waals surface area (Å²) in [6.45, 7) is 2.81. The second kappa shape index (κ2) is 7.14. The van der Waals surface area contributed by atoms with Crippen molar-refractivity contribution in [3.8, 4) is 0 Å². The molecule has 0 aliphatic carbocycles. The fraction of sp³-hybridized carbons (Fsp3) is 0.571. The van der Waals surface area contributed by atoms with Crippen molar-refractivity contribution >= 4 is 37.3 Å². The number of hydrogen-bond acceptors (Lipinski definition) is 5.